The SMILES string of the molecule is C/C(=C\C(C)C)C(=O)c1ccncc1. The van der Waals surface area contributed by atoms with Crippen molar-refractivity contribution >= 4 is 5.78 Å². The van der Waals surface area contributed by atoms with Gasteiger partial charge in [0.05, 0.1) is 0 Å². The predicted molar refractivity (Wildman–Crippen MR) is 57.2 cm³/mol. The quantitative estimate of drug-likeness (QED) is 0.540. The number of nitrogens with zero attached hydrogens (tertiary/aromatic N) is 1. The molecule has 0 bridgehead atoms. The van der Waals surface area contributed by atoms with Crippen LogP contribution in [0, 0.1) is 5.92 Å². The van der Waals surface area contributed by atoms with Crippen molar-refractivity contribution < 1.29 is 4.79 Å². The first-order chi connectivity index (χ1) is 6.61. The second-order valence-electron chi connectivity index (χ2n) is 3.66. The first kappa shape index (κ1) is 10.6. The molecule has 0 spiro atoms. The molecule has 1 aromatic heterocycles. The van der Waals surface area contributed by atoms with Crippen molar-refractivity contribution in [2.24, 2.45) is 5.92 Å². The zero-order valence-corrected chi connectivity index (χ0v) is 8.82. The number of hydrogen-bond donors (Lipinski definition) is 0. The Bertz CT molecular complexity index is 339. The van der Waals surface area contributed by atoms with Crippen LogP contribution >= 0.6 is 0 Å². The third kappa shape index (κ3) is 2.80. The largest absolute Gasteiger partial charge is 0.289 e. The molecule has 2 nitrogen and oxygen atoms in total. The van der Waals surface area contributed by atoms with Crippen molar-refractivity contribution in [1.82, 2.24) is 4.98 Å². The van der Waals surface area contributed by atoms with Crippen molar-refractivity contribution in [3.05, 3.63) is 41.7 Å². The Morgan fingerprint density at radius 2 is 1.93 bits per heavy atom. The van der Waals surface area contributed by atoms with Gasteiger partial charge in [0.15, 0.2) is 5.78 Å². The van der Waals surface area contributed by atoms with Gasteiger partial charge in [-0.2, -0.15) is 0 Å². The normalized spacial score (nSPS) is 11.9. The van der Waals surface area contributed by atoms with Crippen molar-refractivity contribution in [2.75, 3.05) is 0 Å². The van der Waals surface area contributed by atoms with Gasteiger partial charge >= 0.3 is 0 Å². The van der Waals surface area contributed by atoms with E-state index >= 15 is 0 Å². The van der Waals surface area contributed by atoms with Gasteiger partial charge in [-0.25, -0.2) is 0 Å². The highest BCUT2D eigenvalue weighted by atomic mass is 16.1. The Hall–Kier alpha value is -1.44. The molecular formula is C12H15NO. The smallest absolute Gasteiger partial charge is 0.188 e. The molecule has 2 heteroatoms. The summed E-state index contributed by atoms with van der Waals surface area (Å²) in [5, 5.41) is 0. The molecule has 0 aliphatic carbocycles. The molecule has 0 saturated carbocycles. The third-order valence-corrected chi connectivity index (χ3v) is 1.88. The maximum atomic E-state index is 11.8. The summed E-state index contributed by atoms with van der Waals surface area (Å²) in [6.45, 7) is 5.97. The van der Waals surface area contributed by atoms with E-state index in [1.807, 2.05) is 13.0 Å². The lowest BCUT2D eigenvalue weighted by Gasteiger charge is -2.02. The Kier molecular flexibility index (Phi) is 3.57. The molecule has 14 heavy (non-hydrogen) atoms. The van der Waals surface area contributed by atoms with Crippen LogP contribution in [0.15, 0.2) is 36.2 Å². The van der Waals surface area contributed by atoms with Gasteiger partial charge in [-0.3, -0.25) is 9.78 Å². The molecule has 1 heterocycles. The maximum Gasteiger partial charge on any atom is 0.188 e. The average Bonchev–Trinajstić information content (AvgIpc) is 2.17. The van der Waals surface area contributed by atoms with E-state index in [1.54, 1.807) is 24.5 Å². The van der Waals surface area contributed by atoms with Crippen LogP contribution in [0.5, 0.6) is 0 Å². The van der Waals surface area contributed by atoms with Gasteiger partial charge in [-0.1, -0.05) is 19.9 Å². The Labute approximate surface area is 84.7 Å². The van der Waals surface area contributed by atoms with E-state index in [4.69, 9.17) is 0 Å². The summed E-state index contributed by atoms with van der Waals surface area (Å²) in [6, 6.07) is 3.47. The number of allylic oxidation sites excluding steroid dienone is 2. The van der Waals surface area contributed by atoms with Gasteiger partial charge in [0.2, 0.25) is 0 Å². The first-order valence-electron chi connectivity index (χ1n) is 4.74. The molecule has 1 aromatic rings. The lowest BCUT2D eigenvalue weighted by molar-refractivity contribution is 0.103. The zero-order valence-electron chi connectivity index (χ0n) is 8.82. The van der Waals surface area contributed by atoms with Crippen LogP contribution in [0.25, 0.3) is 0 Å². The monoisotopic (exact) mass is 189 g/mol. The number of Topliss-reactive ketones (excluding diaryl/α,β-unsaturated/α-hetero) is 1. The minimum absolute atomic E-state index is 0.0844. The van der Waals surface area contributed by atoms with Gasteiger partial charge in [-0.05, 0) is 30.5 Å². The minimum atomic E-state index is 0.0844. The summed E-state index contributed by atoms with van der Waals surface area (Å²) in [4.78, 5) is 15.7. The lowest BCUT2D eigenvalue weighted by atomic mass is 10.0. The van der Waals surface area contributed by atoms with Crippen LogP contribution in [-0.4, -0.2) is 10.8 Å². The summed E-state index contributed by atoms with van der Waals surface area (Å²) >= 11 is 0. The minimum Gasteiger partial charge on any atom is -0.289 e. The van der Waals surface area contributed by atoms with Gasteiger partial charge in [0.1, 0.15) is 0 Å². The summed E-state index contributed by atoms with van der Waals surface area (Å²) in [6.07, 6.45) is 5.24. The van der Waals surface area contributed by atoms with Crippen LogP contribution in [0.1, 0.15) is 31.1 Å². The van der Waals surface area contributed by atoms with Gasteiger partial charge < -0.3 is 0 Å². The zero-order chi connectivity index (χ0) is 10.6. The Morgan fingerprint density at radius 3 is 2.43 bits per heavy atom. The average molecular weight is 189 g/mol. The fraction of sp³-hybridized carbons (Fsp3) is 0.333. The van der Waals surface area contributed by atoms with Crippen molar-refractivity contribution in [3.63, 3.8) is 0 Å². The molecule has 0 aromatic carbocycles. The van der Waals surface area contributed by atoms with Crippen molar-refractivity contribution in [1.29, 1.82) is 0 Å². The van der Waals surface area contributed by atoms with E-state index in [0.29, 0.717) is 11.5 Å². The number of aromatic nitrogens is 1. The molecule has 0 unspecified atom stereocenters. The molecule has 0 N–H and O–H groups in total. The van der Waals surface area contributed by atoms with Crippen molar-refractivity contribution in [3.8, 4) is 0 Å². The molecule has 74 valence electrons. The molecule has 0 aliphatic heterocycles. The molecule has 0 atom stereocenters. The Morgan fingerprint density at radius 1 is 1.36 bits per heavy atom. The van der Waals surface area contributed by atoms with E-state index in [2.05, 4.69) is 18.8 Å². The third-order valence-electron chi connectivity index (χ3n) is 1.88. The molecular weight excluding hydrogens is 174 g/mol. The van der Waals surface area contributed by atoms with Crippen LogP contribution in [-0.2, 0) is 0 Å². The predicted octanol–water partition coefficient (Wildman–Crippen LogP) is 2.87. The summed E-state index contributed by atoms with van der Waals surface area (Å²) in [5.74, 6) is 0.488. The molecule has 0 fully saturated rings. The molecule has 1 rings (SSSR count). The summed E-state index contributed by atoms with van der Waals surface area (Å²) in [5.41, 5.74) is 1.50. The second-order valence-corrected chi connectivity index (χ2v) is 3.66. The fourth-order valence-corrected chi connectivity index (χ4v) is 1.31. The van der Waals surface area contributed by atoms with E-state index in [0.717, 1.165) is 5.57 Å². The summed E-state index contributed by atoms with van der Waals surface area (Å²) < 4.78 is 0. The summed E-state index contributed by atoms with van der Waals surface area (Å²) in [7, 11) is 0. The lowest BCUT2D eigenvalue weighted by Crippen LogP contribution is -2.01. The highest BCUT2D eigenvalue weighted by Gasteiger charge is 2.07. The molecule has 0 radical (unpaired) electrons. The van der Waals surface area contributed by atoms with E-state index in [9.17, 15) is 4.79 Å². The number of carbonyl (C=O) groups excluding carboxylic acids is 1. The van der Waals surface area contributed by atoms with Gasteiger partial charge in [-0.15, -0.1) is 0 Å². The highest BCUT2D eigenvalue weighted by Crippen LogP contribution is 2.09. The molecule has 0 saturated heterocycles. The molecule has 0 amide bonds. The van der Waals surface area contributed by atoms with Gasteiger partial charge in [0, 0.05) is 18.0 Å². The topological polar surface area (TPSA) is 30.0 Å². The maximum absolute atomic E-state index is 11.8. The van der Waals surface area contributed by atoms with Crippen LogP contribution in [0.4, 0.5) is 0 Å². The van der Waals surface area contributed by atoms with Crippen LogP contribution in [0.3, 0.4) is 0 Å². The van der Waals surface area contributed by atoms with E-state index in [1.165, 1.54) is 0 Å². The second kappa shape index (κ2) is 4.70. The first-order valence-corrected chi connectivity index (χ1v) is 4.74. The fourth-order valence-electron chi connectivity index (χ4n) is 1.31. The standard InChI is InChI=1S/C12H15NO/c1-9(2)8-10(3)12(14)11-4-6-13-7-5-11/h4-9H,1-3H3/b10-8+. The van der Waals surface area contributed by atoms with Crippen LogP contribution in [0.2, 0.25) is 0 Å². The number of rotatable bonds is 3. The van der Waals surface area contributed by atoms with Crippen LogP contribution < -0.4 is 0 Å². The Balaban J connectivity index is 2.87. The number of carbonyl (C=O) groups is 1. The number of hydrogen-bond acceptors (Lipinski definition) is 2. The number of pyridine rings is 1. The van der Waals surface area contributed by atoms with Gasteiger partial charge in [0.25, 0.3) is 0 Å². The molecule has 0 aliphatic rings. The van der Waals surface area contributed by atoms with Crippen molar-refractivity contribution in [2.45, 2.75) is 20.8 Å². The van der Waals surface area contributed by atoms with E-state index < -0.39 is 0 Å². The highest BCUT2D eigenvalue weighted by molar-refractivity contribution is 6.08. The van der Waals surface area contributed by atoms with E-state index in [-0.39, 0.29) is 5.78 Å². The number of ketones is 1.